The summed E-state index contributed by atoms with van der Waals surface area (Å²) >= 11 is 0. The second-order valence-electron chi connectivity index (χ2n) is 3.98. The average molecular weight is 298 g/mol. The van der Waals surface area contributed by atoms with Gasteiger partial charge in [-0.05, 0) is 34.5 Å². The van der Waals surface area contributed by atoms with Crippen molar-refractivity contribution in [2.75, 3.05) is 28.3 Å². The Morgan fingerprint density at radius 3 is 1.84 bits per heavy atom. The fourth-order valence-corrected chi connectivity index (χ4v) is 0.461. The summed E-state index contributed by atoms with van der Waals surface area (Å²) in [5.74, 6) is -0.316. The van der Waals surface area contributed by atoms with Gasteiger partial charge in [0.2, 0.25) is 5.91 Å². The summed E-state index contributed by atoms with van der Waals surface area (Å²) in [4.78, 5) is 12.4. The predicted molar refractivity (Wildman–Crippen MR) is 76.0 cm³/mol. The molecule has 0 unspecified atom stereocenters. The number of unbranched alkanes of at least 4 members (excludes halogenated alkanes) is 1. The van der Waals surface area contributed by atoms with E-state index in [9.17, 15) is 13.2 Å². The van der Waals surface area contributed by atoms with Crippen LogP contribution in [0.25, 0.3) is 0 Å². The number of carbonyl (C=O) groups excluding carboxylic acids is 1. The molecular formula is C11H26N2O5S. The topological polar surface area (TPSA) is 110 Å². The molecule has 0 saturated carbocycles. The van der Waals surface area contributed by atoms with E-state index in [1.54, 1.807) is 6.92 Å². The Morgan fingerprint density at radius 1 is 1.37 bits per heavy atom. The molecule has 0 bridgehead atoms. The van der Waals surface area contributed by atoms with Crippen LogP contribution in [0.2, 0.25) is 0 Å². The van der Waals surface area contributed by atoms with Gasteiger partial charge in [0.15, 0.2) is 0 Å². The molecule has 0 spiro atoms. The van der Waals surface area contributed by atoms with Crippen molar-refractivity contribution < 1.29 is 21.9 Å². The van der Waals surface area contributed by atoms with Crippen molar-refractivity contribution in [2.24, 2.45) is 5.73 Å². The van der Waals surface area contributed by atoms with Crippen molar-refractivity contribution in [3.63, 3.8) is 0 Å². The summed E-state index contributed by atoms with van der Waals surface area (Å²) in [5.41, 5.74) is 5.63. The van der Waals surface area contributed by atoms with E-state index < -0.39 is 10.4 Å². The standard InChI is InChI=1S/C7H13NO.C3H9N.CH4O4S/c1-3-4-5-6(2)7(8)9;1-4(2)3;1-5-6(2,3)4/h5H,3-4H2,1-2H3,(H2,8,9);1-3H3;1H3,(H,2,3,4)/b6-5+;;. The third-order valence-electron chi connectivity index (χ3n) is 1.34. The molecule has 7 nitrogen and oxygen atoms in total. The maximum absolute atomic E-state index is 10.4. The molecule has 116 valence electrons. The Balaban J connectivity index is -0.000000222. The van der Waals surface area contributed by atoms with Crippen LogP contribution in [0.4, 0.5) is 0 Å². The first-order valence-corrected chi connectivity index (χ1v) is 6.94. The number of amides is 1. The van der Waals surface area contributed by atoms with E-state index in [4.69, 9.17) is 10.3 Å². The molecule has 0 aliphatic rings. The summed E-state index contributed by atoms with van der Waals surface area (Å²) in [6.07, 6.45) is 3.86. The third-order valence-corrected chi connectivity index (χ3v) is 1.76. The van der Waals surface area contributed by atoms with Gasteiger partial charge in [-0.15, -0.1) is 0 Å². The molecule has 8 heteroatoms. The molecule has 0 fully saturated rings. The predicted octanol–water partition coefficient (Wildman–Crippen LogP) is 0.832. The van der Waals surface area contributed by atoms with E-state index in [1.807, 2.05) is 32.1 Å². The van der Waals surface area contributed by atoms with Gasteiger partial charge in [0.05, 0.1) is 7.11 Å². The molecule has 0 aromatic rings. The summed E-state index contributed by atoms with van der Waals surface area (Å²) < 4.78 is 29.7. The molecule has 0 atom stereocenters. The number of hydrogen-bond acceptors (Lipinski definition) is 5. The van der Waals surface area contributed by atoms with Gasteiger partial charge >= 0.3 is 10.4 Å². The second kappa shape index (κ2) is 13.5. The SMILES string of the molecule is CCC/C=C(\C)C(N)=O.CN(C)C.COS(=O)(=O)O. The minimum atomic E-state index is -4.16. The Kier molecular flexibility index (Phi) is 16.4. The lowest BCUT2D eigenvalue weighted by Crippen LogP contribution is -2.11. The van der Waals surface area contributed by atoms with E-state index >= 15 is 0 Å². The number of hydrogen-bond donors (Lipinski definition) is 2. The van der Waals surface area contributed by atoms with Crippen LogP contribution >= 0.6 is 0 Å². The van der Waals surface area contributed by atoms with Crippen LogP contribution in [0.15, 0.2) is 11.6 Å². The minimum Gasteiger partial charge on any atom is -0.366 e. The lowest BCUT2D eigenvalue weighted by molar-refractivity contribution is -0.114. The number of primary amides is 1. The molecule has 0 heterocycles. The van der Waals surface area contributed by atoms with Gasteiger partial charge in [-0.2, -0.15) is 8.42 Å². The normalized spacial score (nSPS) is 11.1. The van der Waals surface area contributed by atoms with Gasteiger partial charge in [-0.25, -0.2) is 0 Å². The smallest absolute Gasteiger partial charge is 0.366 e. The lowest BCUT2D eigenvalue weighted by Gasteiger charge is -1.90. The Hall–Kier alpha value is -0.960. The molecule has 19 heavy (non-hydrogen) atoms. The third kappa shape index (κ3) is 38.2. The van der Waals surface area contributed by atoms with Crippen molar-refractivity contribution >= 4 is 16.3 Å². The Morgan fingerprint density at radius 2 is 1.68 bits per heavy atom. The summed E-state index contributed by atoms with van der Waals surface area (Å²) in [7, 11) is 2.71. The molecule has 0 aromatic carbocycles. The second-order valence-corrected chi connectivity index (χ2v) is 5.16. The fourth-order valence-electron chi connectivity index (χ4n) is 0.461. The zero-order valence-corrected chi connectivity index (χ0v) is 13.3. The maximum Gasteiger partial charge on any atom is 0.397 e. The van der Waals surface area contributed by atoms with Crippen LogP contribution in [0.1, 0.15) is 26.7 Å². The number of allylic oxidation sites excluding steroid dienone is 1. The van der Waals surface area contributed by atoms with Crippen LogP contribution in [0.5, 0.6) is 0 Å². The van der Waals surface area contributed by atoms with Gasteiger partial charge < -0.3 is 10.6 Å². The zero-order chi connectivity index (χ0) is 16.1. The summed E-state index contributed by atoms with van der Waals surface area (Å²) in [6.45, 7) is 3.79. The fraction of sp³-hybridized carbons (Fsp3) is 0.727. The van der Waals surface area contributed by atoms with E-state index in [-0.39, 0.29) is 5.91 Å². The van der Waals surface area contributed by atoms with Crippen LogP contribution in [0.3, 0.4) is 0 Å². The number of rotatable bonds is 4. The monoisotopic (exact) mass is 298 g/mol. The molecule has 0 rings (SSSR count). The van der Waals surface area contributed by atoms with Gasteiger partial charge in [0, 0.05) is 5.57 Å². The van der Waals surface area contributed by atoms with Crippen molar-refractivity contribution in [3.8, 4) is 0 Å². The number of nitrogens with two attached hydrogens (primary N) is 1. The van der Waals surface area contributed by atoms with Gasteiger partial charge in [0.1, 0.15) is 0 Å². The van der Waals surface area contributed by atoms with E-state index in [2.05, 4.69) is 11.1 Å². The first-order chi connectivity index (χ1) is 8.47. The largest absolute Gasteiger partial charge is 0.397 e. The van der Waals surface area contributed by atoms with Gasteiger partial charge in [-0.3, -0.25) is 13.5 Å². The number of carbonyl (C=O) groups is 1. The van der Waals surface area contributed by atoms with Crippen molar-refractivity contribution in [1.29, 1.82) is 0 Å². The highest BCUT2D eigenvalue weighted by atomic mass is 32.3. The maximum atomic E-state index is 10.4. The Labute approximate surface area is 116 Å². The summed E-state index contributed by atoms with van der Waals surface area (Å²) in [5, 5.41) is 0. The quantitative estimate of drug-likeness (QED) is 0.587. The molecule has 0 aliphatic carbocycles. The van der Waals surface area contributed by atoms with E-state index in [0.29, 0.717) is 5.57 Å². The summed E-state index contributed by atoms with van der Waals surface area (Å²) in [6, 6.07) is 0. The van der Waals surface area contributed by atoms with Crippen LogP contribution < -0.4 is 5.73 Å². The number of nitrogens with zero attached hydrogens (tertiary/aromatic N) is 1. The van der Waals surface area contributed by atoms with Crippen molar-refractivity contribution in [3.05, 3.63) is 11.6 Å². The van der Waals surface area contributed by atoms with Crippen molar-refractivity contribution in [1.82, 2.24) is 4.90 Å². The average Bonchev–Trinajstić information content (AvgIpc) is 2.24. The first-order valence-electron chi connectivity index (χ1n) is 5.58. The van der Waals surface area contributed by atoms with Gasteiger partial charge in [0.25, 0.3) is 0 Å². The highest BCUT2D eigenvalue weighted by molar-refractivity contribution is 7.80. The molecule has 3 N–H and O–H groups in total. The van der Waals surface area contributed by atoms with E-state index in [1.165, 1.54) is 0 Å². The zero-order valence-electron chi connectivity index (χ0n) is 12.5. The highest BCUT2D eigenvalue weighted by Crippen LogP contribution is 1.95. The molecule has 0 saturated heterocycles. The molecule has 1 amide bonds. The van der Waals surface area contributed by atoms with Crippen LogP contribution in [-0.4, -0.2) is 52.0 Å². The van der Waals surface area contributed by atoms with Gasteiger partial charge in [-0.1, -0.05) is 19.4 Å². The van der Waals surface area contributed by atoms with Crippen LogP contribution in [-0.2, 0) is 19.4 Å². The molecule has 0 aromatic heterocycles. The Bertz CT molecular complexity index is 347. The minimum absolute atomic E-state index is 0.316. The molecule has 0 radical (unpaired) electrons. The van der Waals surface area contributed by atoms with Crippen molar-refractivity contribution in [2.45, 2.75) is 26.7 Å². The van der Waals surface area contributed by atoms with E-state index in [0.717, 1.165) is 20.0 Å². The lowest BCUT2D eigenvalue weighted by atomic mass is 10.2. The highest BCUT2D eigenvalue weighted by Gasteiger charge is 1.94. The first kappa shape index (κ1) is 23.2. The van der Waals surface area contributed by atoms with Crippen LogP contribution in [0, 0.1) is 0 Å². The molecule has 0 aliphatic heterocycles. The molecular weight excluding hydrogens is 272 g/mol.